The molecule has 1 unspecified atom stereocenters. The topological polar surface area (TPSA) is 42.2 Å². The summed E-state index contributed by atoms with van der Waals surface area (Å²) in [6.45, 7) is 3.03. The van der Waals surface area contributed by atoms with Crippen molar-refractivity contribution in [2.45, 2.75) is 32.4 Å². The molecule has 0 aliphatic heterocycles. The van der Waals surface area contributed by atoms with Crippen LogP contribution in [0.5, 0.6) is 0 Å². The van der Waals surface area contributed by atoms with Crippen LogP contribution in [-0.4, -0.2) is 23.0 Å². The van der Waals surface area contributed by atoms with Gasteiger partial charge in [0.05, 0.1) is 10.7 Å². The van der Waals surface area contributed by atoms with Crippen LogP contribution < -0.4 is 5.73 Å². The van der Waals surface area contributed by atoms with Crippen molar-refractivity contribution in [1.29, 1.82) is 0 Å². The lowest BCUT2D eigenvalue weighted by Crippen LogP contribution is -2.30. The van der Waals surface area contributed by atoms with Crippen LogP contribution in [0.25, 0.3) is 0 Å². The van der Waals surface area contributed by atoms with Crippen molar-refractivity contribution in [2.75, 3.05) is 12.8 Å². The van der Waals surface area contributed by atoms with Crippen molar-refractivity contribution in [3.05, 3.63) is 22.8 Å². The van der Waals surface area contributed by atoms with Crippen molar-refractivity contribution in [3.8, 4) is 0 Å². The fraction of sp³-hybridized carbons (Fsp3) is 0.583. The number of hydrogen-bond donors (Lipinski definition) is 1. The predicted molar refractivity (Wildman–Crippen MR) is 67.3 cm³/mol. The van der Waals surface area contributed by atoms with E-state index < -0.39 is 0 Å². The largest absolute Gasteiger partial charge is 0.384 e. The van der Waals surface area contributed by atoms with Crippen molar-refractivity contribution in [1.82, 2.24) is 9.88 Å². The predicted octanol–water partition coefficient (Wildman–Crippen LogP) is 2.55. The monoisotopic (exact) mass is 239 g/mol. The molecule has 1 aromatic heterocycles. The molecule has 1 fully saturated rings. The molecule has 0 spiro atoms. The first-order valence-electron chi connectivity index (χ1n) is 5.69. The minimum absolute atomic E-state index is 0.534. The van der Waals surface area contributed by atoms with Crippen LogP contribution >= 0.6 is 11.6 Å². The molecule has 2 N–H and O–H groups in total. The molecule has 0 bridgehead atoms. The standard InChI is InChI=1S/C12H18ClN3/c1-8(9-3-4-9)16(2)7-11-10(13)5-6-12(14)15-11/h5-6,8-9H,3-4,7H2,1-2H3,(H2,14,15). The Labute approximate surface area is 102 Å². The lowest BCUT2D eigenvalue weighted by Gasteiger charge is -2.24. The van der Waals surface area contributed by atoms with Gasteiger partial charge in [0.2, 0.25) is 0 Å². The molecule has 1 saturated carbocycles. The summed E-state index contributed by atoms with van der Waals surface area (Å²) in [6, 6.07) is 4.14. The van der Waals surface area contributed by atoms with Gasteiger partial charge in [0, 0.05) is 12.6 Å². The van der Waals surface area contributed by atoms with Crippen molar-refractivity contribution in [2.24, 2.45) is 5.92 Å². The third kappa shape index (κ3) is 2.66. The van der Waals surface area contributed by atoms with Gasteiger partial charge in [0.25, 0.3) is 0 Å². The lowest BCUT2D eigenvalue weighted by atomic mass is 10.2. The Bertz CT molecular complexity index is 377. The molecule has 3 nitrogen and oxygen atoms in total. The number of halogens is 1. The summed E-state index contributed by atoms with van der Waals surface area (Å²) in [4.78, 5) is 6.58. The molecule has 0 aromatic carbocycles. The van der Waals surface area contributed by atoms with E-state index in [4.69, 9.17) is 17.3 Å². The number of hydrogen-bond acceptors (Lipinski definition) is 3. The van der Waals surface area contributed by atoms with E-state index in [0.29, 0.717) is 16.9 Å². The summed E-state index contributed by atoms with van der Waals surface area (Å²) in [7, 11) is 2.12. The summed E-state index contributed by atoms with van der Waals surface area (Å²) in [5, 5.41) is 0.698. The average Bonchev–Trinajstić information content (AvgIpc) is 3.06. The first-order valence-corrected chi connectivity index (χ1v) is 6.07. The molecular weight excluding hydrogens is 222 g/mol. The number of nitrogens with two attached hydrogens (primary N) is 1. The van der Waals surface area contributed by atoms with Gasteiger partial charge in [-0.2, -0.15) is 0 Å². The Morgan fingerprint density at radius 3 is 2.88 bits per heavy atom. The van der Waals surface area contributed by atoms with Crippen LogP contribution in [0.1, 0.15) is 25.5 Å². The minimum atomic E-state index is 0.534. The SMILES string of the molecule is CC(C1CC1)N(C)Cc1nc(N)ccc1Cl. The Morgan fingerprint density at radius 1 is 1.56 bits per heavy atom. The van der Waals surface area contributed by atoms with Gasteiger partial charge in [-0.25, -0.2) is 4.98 Å². The molecule has 88 valence electrons. The number of aromatic nitrogens is 1. The molecule has 1 atom stereocenters. The third-order valence-corrected chi connectivity index (χ3v) is 3.68. The zero-order chi connectivity index (χ0) is 11.7. The van der Waals surface area contributed by atoms with Crippen LogP contribution in [0.4, 0.5) is 5.82 Å². The second-order valence-corrected chi connectivity index (χ2v) is 5.06. The van der Waals surface area contributed by atoms with Gasteiger partial charge in [0.1, 0.15) is 5.82 Å². The third-order valence-electron chi connectivity index (χ3n) is 3.34. The maximum atomic E-state index is 6.10. The maximum Gasteiger partial charge on any atom is 0.123 e. The van der Waals surface area contributed by atoms with E-state index in [1.807, 2.05) is 6.07 Å². The molecule has 1 aliphatic rings. The summed E-state index contributed by atoms with van der Waals surface area (Å²) in [6.07, 6.45) is 2.70. The Kier molecular flexibility index (Phi) is 3.36. The summed E-state index contributed by atoms with van der Waals surface area (Å²) < 4.78 is 0. The minimum Gasteiger partial charge on any atom is -0.384 e. The number of nitrogen functional groups attached to an aromatic ring is 1. The second kappa shape index (κ2) is 4.60. The van der Waals surface area contributed by atoms with Gasteiger partial charge in [0.15, 0.2) is 0 Å². The smallest absolute Gasteiger partial charge is 0.123 e. The van der Waals surface area contributed by atoms with Crippen LogP contribution in [0.2, 0.25) is 5.02 Å². The van der Waals surface area contributed by atoms with Crippen LogP contribution in [0.3, 0.4) is 0 Å². The van der Waals surface area contributed by atoms with Gasteiger partial charge in [-0.15, -0.1) is 0 Å². The molecule has 2 rings (SSSR count). The first kappa shape index (κ1) is 11.7. The molecule has 1 aromatic rings. The molecular formula is C12H18ClN3. The Balaban J connectivity index is 2.04. The van der Waals surface area contributed by atoms with Gasteiger partial charge in [-0.3, -0.25) is 4.90 Å². The first-order chi connectivity index (χ1) is 7.58. The molecule has 16 heavy (non-hydrogen) atoms. The second-order valence-electron chi connectivity index (χ2n) is 4.66. The van der Waals surface area contributed by atoms with Gasteiger partial charge in [-0.1, -0.05) is 11.6 Å². The fourth-order valence-electron chi connectivity index (χ4n) is 1.93. The molecule has 1 heterocycles. The number of nitrogens with zero attached hydrogens (tertiary/aromatic N) is 2. The fourth-order valence-corrected chi connectivity index (χ4v) is 2.10. The number of pyridine rings is 1. The van der Waals surface area contributed by atoms with Crippen LogP contribution in [-0.2, 0) is 6.54 Å². The lowest BCUT2D eigenvalue weighted by molar-refractivity contribution is 0.224. The van der Waals surface area contributed by atoms with Crippen molar-refractivity contribution < 1.29 is 0 Å². The highest BCUT2D eigenvalue weighted by atomic mass is 35.5. The van der Waals surface area contributed by atoms with E-state index in [9.17, 15) is 0 Å². The van der Waals surface area contributed by atoms with Crippen LogP contribution in [0, 0.1) is 5.92 Å². The van der Waals surface area contributed by atoms with Gasteiger partial charge >= 0.3 is 0 Å². The van der Waals surface area contributed by atoms with E-state index in [1.165, 1.54) is 12.8 Å². The van der Waals surface area contributed by atoms with E-state index in [-0.39, 0.29) is 0 Å². The highest BCUT2D eigenvalue weighted by Gasteiger charge is 2.30. The molecule has 0 radical (unpaired) electrons. The molecule has 4 heteroatoms. The summed E-state index contributed by atoms with van der Waals surface area (Å²) in [5.74, 6) is 1.39. The highest BCUT2D eigenvalue weighted by Crippen LogP contribution is 2.35. The molecule has 0 amide bonds. The summed E-state index contributed by atoms with van der Waals surface area (Å²) >= 11 is 6.10. The van der Waals surface area contributed by atoms with E-state index >= 15 is 0 Å². The van der Waals surface area contributed by atoms with E-state index in [0.717, 1.165) is 18.2 Å². The average molecular weight is 240 g/mol. The molecule has 1 aliphatic carbocycles. The Morgan fingerprint density at radius 2 is 2.25 bits per heavy atom. The highest BCUT2D eigenvalue weighted by molar-refractivity contribution is 6.31. The van der Waals surface area contributed by atoms with E-state index in [1.54, 1.807) is 6.07 Å². The zero-order valence-corrected chi connectivity index (χ0v) is 10.5. The van der Waals surface area contributed by atoms with Crippen LogP contribution in [0.15, 0.2) is 12.1 Å². The Hall–Kier alpha value is -0.800. The normalized spacial score (nSPS) is 17.8. The van der Waals surface area contributed by atoms with Gasteiger partial charge < -0.3 is 5.73 Å². The quantitative estimate of drug-likeness (QED) is 0.878. The maximum absolute atomic E-state index is 6.10. The number of rotatable bonds is 4. The van der Waals surface area contributed by atoms with Crippen molar-refractivity contribution in [3.63, 3.8) is 0 Å². The zero-order valence-electron chi connectivity index (χ0n) is 9.78. The summed E-state index contributed by atoms with van der Waals surface area (Å²) in [5.41, 5.74) is 6.54. The molecule has 0 saturated heterocycles. The van der Waals surface area contributed by atoms with Crippen molar-refractivity contribution >= 4 is 17.4 Å². The number of anilines is 1. The van der Waals surface area contributed by atoms with E-state index in [2.05, 4.69) is 23.9 Å². The van der Waals surface area contributed by atoms with Gasteiger partial charge in [-0.05, 0) is 44.9 Å².